The average molecular weight is 1140 g/mol. The molecule has 0 aliphatic carbocycles. The largest absolute Gasteiger partial charge is 0.305 e. The lowest BCUT2D eigenvalue weighted by molar-refractivity contribution is 0.569. The maximum Gasteiger partial charge on any atom is 0.164 e. The molecule has 0 amide bonds. The fraction of sp³-hybridized carbons (Fsp3) is 0.101. The number of benzene rings is 10. The summed E-state index contributed by atoms with van der Waals surface area (Å²) in [5, 5.41) is 0. The van der Waals surface area contributed by atoms with Gasteiger partial charge in [-0.05, 0) is 70.0 Å². The minimum atomic E-state index is -0.221. The third-order valence-corrected chi connectivity index (χ3v) is 16.1. The molecule has 10 aromatic carbocycles. The van der Waals surface area contributed by atoms with Crippen LogP contribution in [0.25, 0.3) is 102 Å². The molecule has 0 bridgehead atoms. The Morgan fingerprint density at radius 1 is 0.239 bits per heavy atom. The molecule has 0 radical (unpaired) electrons. The van der Waals surface area contributed by atoms with Crippen LogP contribution in [0.2, 0.25) is 0 Å². The minimum absolute atomic E-state index is 0.221. The van der Waals surface area contributed by atoms with Gasteiger partial charge in [-0.1, -0.05) is 266 Å². The lowest BCUT2D eigenvalue weighted by atomic mass is 9.78. The van der Waals surface area contributed by atoms with E-state index < -0.39 is 0 Å². The van der Waals surface area contributed by atoms with Gasteiger partial charge in [-0.2, -0.15) is 0 Å². The molecule has 0 spiro atoms. The van der Waals surface area contributed by atoms with Crippen LogP contribution in [0.15, 0.2) is 273 Å². The Bertz CT molecular complexity index is 4430. The van der Waals surface area contributed by atoms with Gasteiger partial charge in [0, 0.05) is 56.1 Å². The van der Waals surface area contributed by atoms with Gasteiger partial charge in [-0.25, -0.2) is 34.9 Å². The zero-order valence-corrected chi connectivity index (χ0v) is 50.0. The van der Waals surface area contributed by atoms with Crippen molar-refractivity contribution in [2.75, 3.05) is 9.80 Å². The molecule has 9 nitrogen and oxygen atoms in total. The summed E-state index contributed by atoms with van der Waals surface area (Å²) in [6.45, 7) is 13.8. The van der Waals surface area contributed by atoms with Gasteiger partial charge in [0.1, 0.15) is 5.82 Å². The molecular formula is C79H63N9. The second kappa shape index (κ2) is 22.8. The smallest absolute Gasteiger partial charge is 0.164 e. The molecule has 0 atom stereocenters. The molecule has 3 aromatic heterocycles. The predicted molar refractivity (Wildman–Crippen MR) is 360 cm³/mol. The molecule has 9 heteroatoms. The van der Waals surface area contributed by atoms with Crippen LogP contribution in [-0.4, -0.2) is 34.9 Å². The van der Waals surface area contributed by atoms with E-state index in [1.165, 1.54) is 11.1 Å². The Kier molecular flexibility index (Phi) is 14.2. The van der Waals surface area contributed by atoms with Gasteiger partial charge in [-0.15, -0.1) is 0 Å². The summed E-state index contributed by atoms with van der Waals surface area (Å²) in [5.74, 6) is 3.59. The Morgan fingerprint density at radius 2 is 0.557 bits per heavy atom. The van der Waals surface area contributed by atoms with Crippen molar-refractivity contribution >= 4 is 34.3 Å². The molecule has 0 saturated heterocycles. The van der Waals surface area contributed by atoms with E-state index in [1.807, 2.05) is 84.9 Å². The van der Waals surface area contributed by atoms with Gasteiger partial charge in [0.15, 0.2) is 29.1 Å². The average Bonchev–Trinajstić information content (AvgIpc) is 0.900. The maximum atomic E-state index is 5.70. The number of fused-ring (bicyclic) bond motifs is 2. The van der Waals surface area contributed by atoms with E-state index in [4.69, 9.17) is 34.9 Å². The molecule has 0 N–H and O–H groups in total. The first kappa shape index (κ1) is 54.9. The van der Waals surface area contributed by atoms with Gasteiger partial charge in [-0.3, -0.25) is 4.90 Å². The van der Waals surface area contributed by atoms with E-state index in [0.29, 0.717) is 34.8 Å². The zero-order chi connectivity index (χ0) is 59.9. The Balaban J connectivity index is 1.12. The Labute approximate surface area is 514 Å². The summed E-state index contributed by atoms with van der Waals surface area (Å²) in [6.07, 6.45) is 0. The summed E-state index contributed by atoms with van der Waals surface area (Å²) in [5.41, 5.74) is 18.0. The van der Waals surface area contributed by atoms with Crippen LogP contribution in [0, 0.1) is 0 Å². The standard InChI is InChI=1S/C79H63N9/c1-78(2,3)60-45-58(46-61(49-60)79(4,5)6)62-47-59(77-85-75(56-37-21-11-22-38-56)84-76(86-77)57-39-23-12-24-40-57)48-63(66-50-64(52-29-13-7-14-30-52)80-73(82-66)54-33-17-9-18-34-54)72(62)88-69-43-27-25-41-67(69)87(68-42-26-28-44-70(68)88)71-51-65(53-31-15-8-16-32-53)81-74(83-71)55-35-19-10-20-36-55/h7-51H,1-6H3. The molecular weight excluding hydrogens is 1070 g/mol. The van der Waals surface area contributed by atoms with E-state index in [9.17, 15) is 0 Å². The number of hydrogen-bond donors (Lipinski definition) is 0. The summed E-state index contributed by atoms with van der Waals surface area (Å²) < 4.78 is 0. The molecule has 0 fully saturated rings. The van der Waals surface area contributed by atoms with Gasteiger partial charge >= 0.3 is 0 Å². The minimum Gasteiger partial charge on any atom is -0.305 e. The number of aromatic nitrogens is 7. The SMILES string of the molecule is CC(C)(C)c1cc(-c2cc(-c3nc(-c4ccccc4)nc(-c4ccccc4)n3)cc(-c3cc(-c4ccccc4)nc(-c4ccccc4)n3)c2N2c3ccccc3N(c3cc(-c4ccccc4)nc(-c4ccccc4)n3)c3ccccc32)cc(C(C)(C)C)c1. The van der Waals surface area contributed by atoms with E-state index in [2.05, 4.69) is 239 Å². The van der Waals surface area contributed by atoms with Gasteiger partial charge in [0.05, 0.1) is 45.5 Å². The van der Waals surface area contributed by atoms with Crippen molar-refractivity contribution < 1.29 is 0 Å². The van der Waals surface area contributed by atoms with Crippen molar-refractivity contribution in [1.82, 2.24) is 34.9 Å². The first-order valence-electron chi connectivity index (χ1n) is 29.9. The van der Waals surface area contributed by atoms with Gasteiger partial charge < -0.3 is 4.90 Å². The third kappa shape index (κ3) is 10.8. The fourth-order valence-corrected chi connectivity index (χ4v) is 11.5. The van der Waals surface area contributed by atoms with Crippen molar-refractivity contribution in [2.45, 2.75) is 52.4 Å². The molecule has 0 unspecified atom stereocenters. The number of anilines is 6. The summed E-state index contributed by atoms with van der Waals surface area (Å²) in [7, 11) is 0. The number of hydrogen-bond acceptors (Lipinski definition) is 9. The maximum absolute atomic E-state index is 5.70. The van der Waals surface area contributed by atoms with Crippen molar-refractivity contribution in [3.63, 3.8) is 0 Å². The number of para-hydroxylation sites is 4. The van der Waals surface area contributed by atoms with Crippen molar-refractivity contribution in [1.29, 1.82) is 0 Å². The monoisotopic (exact) mass is 1140 g/mol. The topological polar surface area (TPSA) is 96.7 Å². The molecule has 88 heavy (non-hydrogen) atoms. The molecule has 424 valence electrons. The lowest BCUT2D eigenvalue weighted by Gasteiger charge is -2.41. The highest BCUT2D eigenvalue weighted by molar-refractivity contribution is 6.08. The first-order chi connectivity index (χ1) is 42.9. The van der Waals surface area contributed by atoms with Crippen LogP contribution < -0.4 is 9.80 Å². The Morgan fingerprint density at radius 3 is 0.966 bits per heavy atom. The molecule has 0 saturated carbocycles. The van der Waals surface area contributed by atoms with Crippen LogP contribution in [0.5, 0.6) is 0 Å². The molecule has 13 aromatic rings. The predicted octanol–water partition coefficient (Wildman–Crippen LogP) is 20.3. The molecule has 14 rings (SSSR count). The van der Waals surface area contributed by atoms with Crippen molar-refractivity contribution in [2.24, 2.45) is 0 Å². The van der Waals surface area contributed by atoms with Crippen molar-refractivity contribution in [3.8, 4) is 102 Å². The normalized spacial score (nSPS) is 12.2. The number of rotatable bonds is 11. The second-order valence-electron chi connectivity index (χ2n) is 24.3. The van der Waals surface area contributed by atoms with Crippen LogP contribution in [0.3, 0.4) is 0 Å². The Hall–Kier alpha value is -11.0. The quantitative estimate of drug-likeness (QED) is 0.125. The summed E-state index contributed by atoms with van der Waals surface area (Å²) in [6, 6.07) is 94.8. The lowest BCUT2D eigenvalue weighted by Crippen LogP contribution is -2.25. The van der Waals surface area contributed by atoms with Gasteiger partial charge in [0.25, 0.3) is 0 Å². The van der Waals surface area contributed by atoms with Crippen LogP contribution in [0.4, 0.5) is 34.3 Å². The molecule has 1 aliphatic heterocycles. The van der Waals surface area contributed by atoms with E-state index in [-0.39, 0.29) is 10.8 Å². The first-order valence-corrected chi connectivity index (χ1v) is 29.9. The highest BCUT2D eigenvalue weighted by atomic mass is 15.3. The van der Waals surface area contributed by atoms with Crippen LogP contribution >= 0.6 is 0 Å². The van der Waals surface area contributed by atoms with Crippen molar-refractivity contribution in [3.05, 3.63) is 284 Å². The van der Waals surface area contributed by atoms with E-state index >= 15 is 0 Å². The fourth-order valence-electron chi connectivity index (χ4n) is 11.5. The van der Waals surface area contributed by atoms with Crippen LogP contribution in [0.1, 0.15) is 52.7 Å². The zero-order valence-electron chi connectivity index (χ0n) is 50.0. The summed E-state index contributed by atoms with van der Waals surface area (Å²) >= 11 is 0. The molecule has 1 aliphatic rings. The highest BCUT2D eigenvalue weighted by Gasteiger charge is 2.36. The summed E-state index contributed by atoms with van der Waals surface area (Å²) in [4.78, 5) is 42.6. The molecule has 4 heterocycles. The van der Waals surface area contributed by atoms with Gasteiger partial charge in [0.2, 0.25) is 0 Å². The highest BCUT2D eigenvalue weighted by Crippen LogP contribution is 2.58. The number of nitrogens with zero attached hydrogens (tertiary/aromatic N) is 9. The van der Waals surface area contributed by atoms with E-state index in [0.717, 1.165) is 101 Å². The van der Waals surface area contributed by atoms with E-state index in [1.54, 1.807) is 0 Å². The van der Waals surface area contributed by atoms with Crippen LogP contribution in [-0.2, 0) is 10.8 Å². The second-order valence-corrected chi connectivity index (χ2v) is 24.3. The third-order valence-electron chi connectivity index (χ3n) is 16.1.